The summed E-state index contributed by atoms with van der Waals surface area (Å²) in [6.07, 6.45) is 2.11. The van der Waals surface area contributed by atoms with Gasteiger partial charge in [0.05, 0.1) is 18.2 Å². The minimum absolute atomic E-state index is 0.268. The third kappa shape index (κ3) is 3.60. The molecule has 0 saturated carbocycles. The molecule has 0 spiro atoms. The van der Waals surface area contributed by atoms with Crippen LogP contribution < -0.4 is 16.0 Å². The fourth-order valence-electron chi connectivity index (χ4n) is 1.89. The van der Waals surface area contributed by atoms with Gasteiger partial charge in [-0.1, -0.05) is 13.0 Å². The van der Waals surface area contributed by atoms with E-state index >= 15 is 0 Å². The van der Waals surface area contributed by atoms with Crippen LogP contribution in [0.2, 0.25) is 0 Å². The predicted molar refractivity (Wildman–Crippen MR) is 77.4 cm³/mol. The van der Waals surface area contributed by atoms with Crippen LogP contribution in [-0.2, 0) is 13.0 Å². The van der Waals surface area contributed by atoms with E-state index in [1.54, 1.807) is 30.5 Å². The molecule has 0 bridgehead atoms. The van der Waals surface area contributed by atoms with E-state index in [-0.39, 0.29) is 12.2 Å². The third-order valence-electron chi connectivity index (χ3n) is 3.03. The summed E-state index contributed by atoms with van der Waals surface area (Å²) >= 11 is 0. The second kappa shape index (κ2) is 6.57. The fraction of sp³-hybridized carbons (Fsp3) is 0.267. The number of benzene rings is 1. The van der Waals surface area contributed by atoms with Crippen LogP contribution in [0, 0.1) is 11.3 Å². The Morgan fingerprint density at radius 2 is 2.19 bits per heavy atom. The van der Waals surface area contributed by atoms with Gasteiger partial charge in [0.1, 0.15) is 12.4 Å². The minimum Gasteiger partial charge on any atom is -0.492 e. The van der Waals surface area contributed by atoms with Gasteiger partial charge >= 0.3 is 5.69 Å². The van der Waals surface area contributed by atoms with Gasteiger partial charge < -0.3 is 4.74 Å². The monoisotopic (exact) mass is 285 g/mol. The highest BCUT2D eigenvalue weighted by Crippen LogP contribution is 2.12. The molecule has 2 rings (SSSR count). The second-order valence-electron chi connectivity index (χ2n) is 4.45. The standard InChI is InChI=1S/C15H15N3O3/c1-2-12-10-18(15(20)17-14(12)19)6-7-21-13-5-3-4-11(8-13)9-16/h3-5,8,10H,2,6-7H2,1H3,(H,17,19,20). The number of rotatable bonds is 5. The van der Waals surface area contributed by atoms with Crippen LogP contribution >= 0.6 is 0 Å². The number of nitrogens with one attached hydrogen (secondary N) is 1. The van der Waals surface area contributed by atoms with E-state index in [1.807, 2.05) is 13.0 Å². The number of H-pyrrole nitrogens is 1. The van der Waals surface area contributed by atoms with Crippen molar-refractivity contribution in [3.05, 3.63) is 62.4 Å². The Bertz CT molecular complexity index is 784. The number of hydrogen-bond donors (Lipinski definition) is 1. The highest BCUT2D eigenvalue weighted by atomic mass is 16.5. The Labute approximate surface area is 121 Å². The van der Waals surface area contributed by atoms with Crippen molar-refractivity contribution in [1.29, 1.82) is 5.26 Å². The summed E-state index contributed by atoms with van der Waals surface area (Å²) in [7, 11) is 0. The van der Waals surface area contributed by atoms with E-state index in [0.29, 0.717) is 29.8 Å². The number of aromatic amines is 1. The first-order valence-electron chi connectivity index (χ1n) is 6.59. The minimum atomic E-state index is -0.452. The second-order valence-corrected chi connectivity index (χ2v) is 4.45. The van der Waals surface area contributed by atoms with E-state index in [2.05, 4.69) is 4.98 Å². The van der Waals surface area contributed by atoms with Gasteiger partial charge in [-0.3, -0.25) is 14.3 Å². The lowest BCUT2D eigenvalue weighted by Gasteiger charge is -2.09. The van der Waals surface area contributed by atoms with E-state index < -0.39 is 5.69 Å². The van der Waals surface area contributed by atoms with Crippen LogP contribution in [0.1, 0.15) is 18.1 Å². The molecule has 2 aromatic rings. The maximum Gasteiger partial charge on any atom is 0.328 e. The Hall–Kier alpha value is -2.81. The summed E-state index contributed by atoms with van der Waals surface area (Å²) in [5.74, 6) is 0.572. The van der Waals surface area contributed by atoms with Crippen molar-refractivity contribution in [2.45, 2.75) is 19.9 Å². The fourth-order valence-corrected chi connectivity index (χ4v) is 1.89. The van der Waals surface area contributed by atoms with E-state index in [1.165, 1.54) is 4.57 Å². The zero-order valence-electron chi connectivity index (χ0n) is 11.6. The summed E-state index contributed by atoms with van der Waals surface area (Å²) in [4.78, 5) is 25.4. The van der Waals surface area contributed by atoms with Crippen LogP contribution in [0.3, 0.4) is 0 Å². The Morgan fingerprint density at radius 3 is 2.90 bits per heavy atom. The third-order valence-corrected chi connectivity index (χ3v) is 3.03. The lowest BCUT2D eigenvalue weighted by atomic mass is 10.2. The van der Waals surface area contributed by atoms with Crippen LogP contribution in [0.5, 0.6) is 5.75 Å². The summed E-state index contributed by atoms with van der Waals surface area (Å²) in [6, 6.07) is 8.83. The van der Waals surface area contributed by atoms with Gasteiger partial charge in [0.25, 0.3) is 5.56 Å². The molecular formula is C15H15N3O3. The number of nitriles is 1. The van der Waals surface area contributed by atoms with Crippen LogP contribution in [-0.4, -0.2) is 16.2 Å². The van der Waals surface area contributed by atoms with Crippen molar-refractivity contribution >= 4 is 0 Å². The van der Waals surface area contributed by atoms with Crippen LogP contribution in [0.4, 0.5) is 0 Å². The van der Waals surface area contributed by atoms with Crippen LogP contribution in [0.15, 0.2) is 40.1 Å². The number of aryl methyl sites for hydroxylation is 1. The highest BCUT2D eigenvalue weighted by Gasteiger charge is 2.03. The molecular weight excluding hydrogens is 270 g/mol. The molecule has 21 heavy (non-hydrogen) atoms. The molecule has 0 fully saturated rings. The number of ether oxygens (including phenoxy) is 1. The van der Waals surface area contributed by atoms with Gasteiger partial charge in [-0.25, -0.2) is 4.79 Å². The van der Waals surface area contributed by atoms with Crippen molar-refractivity contribution in [2.75, 3.05) is 6.61 Å². The molecule has 108 valence electrons. The van der Waals surface area contributed by atoms with Crippen molar-refractivity contribution in [3.63, 3.8) is 0 Å². The SMILES string of the molecule is CCc1cn(CCOc2cccc(C#N)c2)c(=O)[nH]c1=O. The molecule has 0 saturated heterocycles. The van der Waals surface area contributed by atoms with Gasteiger partial charge in [-0.2, -0.15) is 5.26 Å². The Morgan fingerprint density at radius 1 is 1.38 bits per heavy atom. The maximum atomic E-state index is 11.7. The van der Waals surface area contributed by atoms with Crippen molar-refractivity contribution in [2.24, 2.45) is 0 Å². The average Bonchev–Trinajstić information content (AvgIpc) is 2.49. The molecule has 0 aliphatic rings. The molecule has 0 unspecified atom stereocenters. The first-order chi connectivity index (χ1) is 10.1. The van der Waals surface area contributed by atoms with E-state index in [9.17, 15) is 9.59 Å². The summed E-state index contributed by atoms with van der Waals surface area (Å²) < 4.78 is 6.92. The Kier molecular flexibility index (Phi) is 4.57. The first kappa shape index (κ1) is 14.6. The largest absolute Gasteiger partial charge is 0.492 e. The average molecular weight is 285 g/mol. The summed E-state index contributed by atoms with van der Waals surface area (Å²) in [6.45, 7) is 2.44. The van der Waals surface area contributed by atoms with Gasteiger partial charge in [-0.05, 0) is 24.6 Å². The Balaban J connectivity index is 2.05. The lowest BCUT2D eigenvalue weighted by Crippen LogP contribution is -2.32. The lowest BCUT2D eigenvalue weighted by molar-refractivity contribution is 0.295. The molecule has 1 aromatic heterocycles. The molecule has 0 atom stereocenters. The normalized spacial score (nSPS) is 10.1. The van der Waals surface area contributed by atoms with Gasteiger partial charge in [-0.15, -0.1) is 0 Å². The first-order valence-corrected chi connectivity index (χ1v) is 6.59. The zero-order valence-corrected chi connectivity index (χ0v) is 11.6. The molecule has 0 aliphatic heterocycles. The van der Waals surface area contributed by atoms with Crippen molar-refractivity contribution < 1.29 is 4.74 Å². The maximum absolute atomic E-state index is 11.7. The molecule has 1 N–H and O–H groups in total. The zero-order chi connectivity index (χ0) is 15.2. The molecule has 0 radical (unpaired) electrons. The van der Waals surface area contributed by atoms with Crippen molar-refractivity contribution in [1.82, 2.24) is 9.55 Å². The van der Waals surface area contributed by atoms with E-state index in [4.69, 9.17) is 10.00 Å². The highest BCUT2D eigenvalue weighted by molar-refractivity contribution is 5.36. The molecule has 1 heterocycles. The number of hydrogen-bond acceptors (Lipinski definition) is 4. The van der Waals surface area contributed by atoms with Gasteiger partial charge in [0.2, 0.25) is 0 Å². The molecule has 6 heteroatoms. The van der Waals surface area contributed by atoms with Crippen LogP contribution in [0.25, 0.3) is 0 Å². The smallest absolute Gasteiger partial charge is 0.328 e. The van der Waals surface area contributed by atoms with Gasteiger partial charge in [0.15, 0.2) is 0 Å². The number of nitrogens with zero attached hydrogens (tertiary/aromatic N) is 2. The predicted octanol–water partition coefficient (Wildman–Crippen LogP) is 1.05. The molecule has 0 amide bonds. The molecule has 0 aliphatic carbocycles. The number of aromatic nitrogens is 2. The summed E-state index contributed by atoms with van der Waals surface area (Å²) in [5, 5.41) is 8.80. The molecule has 1 aromatic carbocycles. The van der Waals surface area contributed by atoms with Gasteiger partial charge in [0, 0.05) is 11.8 Å². The van der Waals surface area contributed by atoms with Crippen molar-refractivity contribution in [3.8, 4) is 11.8 Å². The topological polar surface area (TPSA) is 87.9 Å². The van der Waals surface area contributed by atoms with E-state index in [0.717, 1.165) is 0 Å². The summed E-state index contributed by atoms with van der Waals surface area (Å²) in [5.41, 5.74) is 0.274. The molecule has 6 nitrogen and oxygen atoms in total. The quantitative estimate of drug-likeness (QED) is 0.889.